The molecule has 1 saturated heterocycles. The molecule has 1 heterocycles. The van der Waals surface area contributed by atoms with Gasteiger partial charge in [0, 0.05) is 56.5 Å². The molecular formula is C23H26F2N4O3. The van der Waals surface area contributed by atoms with Crippen LogP contribution >= 0.6 is 0 Å². The van der Waals surface area contributed by atoms with Gasteiger partial charge in [0.15, 0.2) is 0 Å². The Labute approximate surface area is 185 Å². The molecule has 2 amide bonds. The van der Waals surface area contributed by atoms with Crippen molar-refractivity contribution in [1.82, 2.24) is 15.8 Å². The van der Waals surface area contributed by atoms with E-state index in [1.165, 1.54) is 23.9 Å². The Kier molecular flexibility index (Phi) is 8.56. The van der Waals surface area contributed by atoms with Crippen LogP contribution in [0.4, 0.5) is 14.5 Å². The lowest BCUT2D eigenvalue weighted by Crippen LogP contribution is -2.48. The van der Waals surface area contributed by atoms with Crippen LogP contribution in [0.15, 0.2) is 60.7 Å². The average Bonchev–Trinajstić information content (AvgIpc) is 2.81. The van der Waals surface area contributed by atoms with Crippen LogP contribution in [0.25, 0.3) is 6.08 Å². The van der Waals surface area contributed by atoms with Gasteiger partial charge in [-0.3, -0.25) is 25.3 Å². The molecule has 7 nitrogen and oxygen atoms in total. The topological polar surface area (TPSA) is 73.9 Å². The summed E-state index contributed by atoms with van der Waals surface area (Å²) in [5, 5.41) is 0. The number of halogens is 2. The Morgan fingerprint density at radius 3 is 2.38 bits per heavy atom. The molecule has 0 bridgehead atoms. The number of para-hydroxylation sites is 2. The number of hydrogen-bond donors (Lipinski definition) is 2. The number of carbonyl (C=O) groups excluding carboxylic acids is 2. The third kappa shape index (κ3) is 7.35. The highest BCUT2D eigenvalue weighted by Gasteiger charge is 2.17. The van der Waals surface area contributed by atoms with Crippen LogP contribution in [0.3, 0.4) is 0 Å². The van der Waals surface area contributed by atoms with Crippen molar-refractivity contribution in [3.05, 3.63) is 66.2 Å². The van der Waals surface area contributed by atoms with Gasteiger partial charge in [0.1, 0.15) is 5.75 Å². The van der Waals surface area contributed by atoms with Gasteiger partial charge in [-0.2, -0.15) is 8.78 Å². The van der Waals surface area contributed by atoms with Crippen molar-refractivity contribution in [3.8, 4) is 5.75 Å². The Balaban J connectivity index is 1.36. The molecule has 2 aromatic carbocycles. The highest BCUT2D eigenvalue weighted by Crippen LogP contribution is 2.21. The number of piperazine rings is 1. The fraction of sp³-hybridized carbons (Fsp3) is 0.304. The van der Waals surface area contributed by atoms with E-state index in [0.717, 1.165) is 32.3 Å². The number of anilines is 1. The summed E-state index contributed by atoms with van der Waals surface area (Å²) in [6.45, 7) is 1.14. The molecule has 170 valence electrons. The number of benzene rings is 2. The van der Waals surface area contributed by atoms with Gasteiger partial charge in [-0.15, -0.1) is 0 Å². The van der Waals surface area contributed by atoms with E-state index >= 15 is 0 Å². The van der Waals surface area contributed by atoms with Crippen LogP contribution in [-0.4, -0.2) is 56.0 Å². The highest BCUT2D eigenvalue weighted by molar-refractivity contribution is 5.93. The van der Waals surface area contributed by atoms with Crippen molar-refractivity contribution in [2.45, 2.75) is 13.0 Å². The number of amides is 2. The first-order valence-electron chi connectivity index (χ1n) is 10.3. The molecule has 1 aliphatic heterocycles. The minimum atomic E-state index is -2.96. The van der Waals surface area contributed by atoms with E-state index in [9.17, 15) is 18.4 Å². The molecule has 2 aromatic rings. The number of hydrogen-bond acceptors (Lipinski definition) is 5. The summed E-state index contributed by atoms with van der Waals surface area (Å²) in [5.74, 6) is -0.928. The highest BCUT2D eigenvalue weighted by atomic mass is 19.3. The second-order valence-electron chi connectivity index (χ2n) is 7.20. The van der Waals surface area contributed by atoms with E-state index in [2.05, 4.69) is 37.5 Å². The lowest BCUT2D eigenvalue weighted by molar-refractivity contribution is -0.127. The zero-order valence-electron chi connectivity index (χ0n) is 17.5. The van der Waals surface area contributed by atoms with Gasteiger partial charge < -0.3 is 9.64 Å². The Bertz CT molecular complexity index is 916. The molecule has 0 spiro atoms. The minimum absolute atomic E-state index is 0.0389. The van der Waals surface area contributed by atoms with E-state index < -0.39 is 12.5 Å². The molecule has 0 saturated carbocycles. The quantitative estimate of drug-likeness (QED) is 0.484. The summed E-state index contributed by atoms with van der Waals surface area (Å²) in [6.07, 6.45) is 2.72. The van der Waals surface area contributed by atoms with Crippen molar-refractivity contribution in [2.75, 3.05) is 37.6 Å². The van der Waals surface area contributed by atoms with Gasteiger partial charge in [0.05, 0.1) is 0 Å². The molecule has 3 rings (SSSR count). The summed E-state index contributed by atoms with van der Waals surface area (Å²) < 4.78 is 29.3. The standard InChI is InChI=1S/C23H26F2N4O3/c24-23(25)32-20-9-5-4-6-18(20)10-11-21(30)26-27-22(31)12-13-28-14-16-29(17-15-28)19-7-2-1-3-8-19/h1-11,23H,12-17H2,(H,26,30)(H,27,31)/b11-10+. The van der Waals surface area contributed by atoms with Gasteiger partial charge in [0.25, 0.3) is 5.91 Å². The van der Waals surface area contributed by atoms with Crippen LogP contribution < -0.4 is 20.5 Å². The van der Waals surface area contributed by atoms with Gasteiger partial charge in [-0.25, -0.2) is 0 Å². The SMILES string of the molecule is O=C(/C=C/c1ccccc1OC(F)F)NNC(=O)CCN1CCN(c2ccccc2)CC1. The number of nitrogens with one attached hydrogen (secondary N) is 2. The van der Waals surface area contributed by atoms with E-state index in [4.69, 9.17) is 0 Å². The number of nitrogens with zero attached hydrogens (tertiary/aromatic N) is 2. The summed E-state index contributed by atoms with van der Waals surface area (Å²) in [6, 6.07) is 16.3. The van der Waals surface area contributed by atoms with E-state index in [1.54, 1.807) is 12.1 Å². The van der Waals surface area contributed by atoms with Crippen molar-refractivity contribution in [3.63, 3.8) is 0 Å². The summed E-state index contributed by atoms with van der Waals surface area (Å²) in [7, 11) is 0. The first-order valence-corrected chi connectivity index (χ1v) is 10.3. The van der Waals surface area contributed by atoms with Crippen LogP contribution in [-0.2, 0) is 9.59 Å². The molecule has 9 heteroatoms. The van der Waals surface area contributed by atoms with Crippen molar-refractivity contribution in [1.29, 1.82) is 0 Å². The third-order valence-electron chi connectivity index (χ3n) is 5.02. The van der Waals surface area contributed by atoms with Crippen LogP contribution in [0.2, 0.25) is 0 Å². The number of ether oxygens (including phenoxy) is 1. The molecule has 0 aliphatic carbocycles. The average molecular weight is 444 g/mol. The minimum Gasteiger partial charge on any atom is -0.434 e. The van der Waals surface area contributed by atoms with E-state index in [0.29, 0.717) is 12.1 Å². The molecule has 1 fully saturated rings. The Morgan fingerprint density at radius 2 is 1.66 bits per heavy atom. The Hall–Kier alpha value is -3.46. The second kappa shape index (κ2) is 11.8. The number of hydrazine groups is 1. The van der Waals surface area contributed by atoms with Crippen LogP contribution in [0.1, 0.15) is 12.0 Å². The third-order valence-corrected chi connectivity index (χ3v) is 5.02. The lowest BCUT2D eigenvalue weighted by atomic mass is 10.2. The Morgan fingerprint density at radius 1 is 0.969 bits per heavy atom. The van der Waals surface area contributed by atoms with Crippen LogP contribution in [0, 0.1) is 0 Å². The second-order valence-corrected chi connectivity index (χ2v) is 7.20. The monoisotopic (exact) mass is 444 g/mol. The van der Waals surface area contributed by atoms with Crippen molar-refractivity contribution < 1.29 is 23.1 Å². The predicted octanol–water partition coefficient (Wildman–Crippen LogP) is 2.66. The normalized spacial score (nSPS) is 14.5. The largest absolute Gasteiger partial charge is 0.434 e. The summed E-state index contributed by atoms with van der Waals surface area (Å²) >= 11 is 0. The lowest BCUT2D eigenvalue weighted by Gasteiger charge is -2.36. The number of carbonyl (C=O) groups is 2. The van der Waals surface area contributed by atoms with Gasteiger partial charge >= 0.3 is 6.61 Å². The molecule has 0 unspecified atom stereocenters. The molecule has 0 atom stereocenters. The molecule has 32 heavy (non-hydrogen) atoms. The maximum atomic E-state index is 12.4. The maximum Gasteiger partial charge on any atom is 0.387 e. The summed E-state index contributed by atoms with van der Waals surface area (Å²) in [4.78, 5) is 28.5. The smallest absolute Gasteiger partial charge is 0.387 e. The number of alkyl halides is 2. The fourth-order valence-electron chi connectivity index (χ4n) is 3.35. The molecular weight excluding hydrogens is 418 g/mol. The van der Waals surface area contributed by atoms with Crippen LogP contribution in [0.5, 0.6) is 5.75 Å². The molecule has 0 radical (unpaired) electrons. The zero-order chi connectivity index (χ0) is 22.8. The first-order chi connectivity index (χ1) is 15.5. The zero-order valence-corrected chi connectivity index (χ0v) is 17.5. The molecule has 1 aliphatic rings. The van der Waals surface area contributed by atoms with Gasteiger partial charge in [0.2, 0.25) is 5.91 Å². The van der Waals surface area contributed by atoms with Crippen molar-refractivity contribution in [2.24, 2.45) is 0 Å². The first kappa shape index (κ1) is 23.2. The van der Waals surface area contributed by atoms with Gasteiger partial charge in [-0.05, 0) is 24.3 Å². The fourth-order valence-corrected chi connectivity index (χ4v) is 3.35. The summed E-state index contributed by atoms with van der Waals surface area (Å²) in [5.41, 5.74) is 6.17. The molecule has 0 aromatic heterocycles. The van der Waals surface area contributed by atoms with Crippen molar-refractivity contribution >= 4 is 23.6 Å². The number of rotatable bonds is 8. The van der Waals surface area contributed by atoms with E-state index in [1.807, 2.05) is 18.2 Å². The van der Waals surface area contributed by atoms with E-state index in [-0.39, 0.29) is 18.1 Å². The molecule has 2 N–H and O–H groups in total. The predicted molar refractivity (Wildman–Crippen MR) is 118 cm³/mol. The van der Waals surface area contributed by atoms with Gasteiger partial charge in [-0.1, -0.05) is 36.4 Å². The maximum absolute atomic E-state index is 12.4.